The van der Waals surface area contributed by atoms with Crippen LogP contribution in [0.5, 0.6) is 0 Å². The minimum Gasteiger partial charge on any atom is -0.380 e. The second-order valence-corrected chi connectivity index (χ2v) is 6.41. The van der Waals surface area contributed by atoms with E-state index in [0.717, 1.165) is 30.2 Å². The molecule has 1 aliphatic rings. The summed E-state index contributed by atoms with van der Waals surface area (Å²) in [6.07, 6.45) is 1.84. The molecular formula is C17H27N5O2. The summed E-state index contributed by atoms with van der Waals surface area (Å²) in [4.78, 5) is 24.1. The monoisotopic (exact) mass is 333 g/mol. The minimum absolute atomic E-state index is 0.0664. The number of aromatic nitrogens is 2. The summed E-state index contributed by atoms with van der Waals surface area (Å²) in [6, 6.07) is 2.22. The van der Waals surface area contributed by atoms with E-state index in [4.69, 9.17) is 10.00 Å². The third kappa shape index (κ3) is 4.34. The number of aryl methyl sites for hydroxylation is 2. The Kier molecular flexibility index (Phi) is 6.35. The molecule has 0 aliphatic carbocycles. The number of imidazole rings is 1. The highest BCUT2D eigenvalue weighted by molar-refractivity contribution is 5.76. The van der Waals surface area contributed by atoms with Gasteiger partial charge in [0.1, 0.15) is 5.82 Å². The van der Waals surface area contributed by atoms with Gasteiger partial charge in [-0.3, -0.25) is 9.69 Å². The highest BCUT2D eigenvalue weighted by Gasteiger charge is 2.35. The van der Waals surface area contributed by atoms with Crippen LogP contribution in [0.15, 0.2) is 0 Å². The summed E-state index contributed by atoms with van der Waals surface area (Å²) in [6.45, 7) is 5.97. The first-order chi connectivity index (χ1) is 11.5. The molecule has 1 aliphatic heterocycles. The average Bonchev–Trinajstić information content (AvgIpc) is 3.13. The number of nitrogens with one attached hydrogen (secondary N) is 1. The summed E-state index contributed by atoms with van der Waals surface area (Å²) in [5, 5.41) is 8.62. The first-order valence-corrected chi connectivity index (χ1v) is 8.37. The van der Waals surface area contributed by atoms with Crippen LogP contribution in [0.25, 0.3) is 0 Å². The van der Waals surface area contributed by atoms with Crippen molar-refractivity contribution in [2.24, 2.45) is 0 Å². The van der Waals surface area contributed by atoms with Crippen LogP contribution >= 0.6 is 0 Å². The first-order valence-electron chi connectivity index (χ1n) is 8.37. The number of carbonyl (C=O) groups excluding carboxylic acids is 1. The fraction of sp³-hybridized carbons (Fsp3) is 0.706. The highest BCUT2D eigenvalue weighted by Crippen LogP contribution is 2.32. The molecule has 2 heterocycles. The molecule has 7 nitrogen and oxygen atoms in total. The van der Waals surface area contributed by atoms with E-state index in [1.807, 2.05) is 13.8 Å². The fourth-order valence-corrected chi connectivity index (χ4v) is 3.07. The van der Waals surface area contributed by atoms with Gasteiger partial charge in [-0.1, -0.05) is 0 Å². The smallest absolute Gasteiger partial charge is 0.223 e. The molecule has 0 unspecified atom stereocenters. The zero-order valence-electron chi connectivity index (χ0n) is 15.0. The van der Waals surface area contributed by atoms with E-state index in [-0.39, 0.29) is 18.1 Å². The van der Waals surface area contributed by atoms with Gasteiger partial charge in [0.15, 0.2) is 0 Å². The predicted molar refractivity (Wildman–Crippen MR) is 90.3 cm³/mol. The third-order valence-corrected chi connectivity index (χ3v) is 4.76. The molecule has 1 amide bonds. The van der Waals surface area contributed by atoms with Gasteiger partial charge in [-0.25, -0.2) is 4.98 Å². The Morgan fingerprint density at radius 1 is 1.54 bits per heavy atom. The van der Waals surface area contributed by atoms with Gasteiger partial charge in [0.05, 0.1) is 30.3 Å². The molecule has 7 heteroatoms. The second kappa shape index (κ2) is 8.27. The molecule has 0 bridgehead atoms. The molecule has 0 spiro atoms. The predicted octanol–water partition coefficient (Wildman–Crippen LogP) is 1.55. The van der Waals surface area contributed by atoms with E-state index < -0.39 is 0 Å². The van der Waals surface area contributed by atoms with Crippen LogP contribution in [0.4, 0.5) is 0 Å². The Morgan fingerprint density at radius 3 is 2.88 bits per heavy atom. The van der Waals surface area contributed by atoms with Crippen molar-refractivity contribution < 1.29 is 9.53 Å². The van der Waals surface area contributed by atoms with E-state index >= 15 is 0 Å². The molecule has 2 atom stereocenters. The zero-order valence-corrected chi connectivity index (χ0v) is 15.0. The van der Waals surface area contributed by atoms with Gasteiger partial charge in [-0.05, 0) is 20.3 Å². The quantitative estimate of drug-likeness (QED) is 0.818. The maximum atomic E-state index is 12.2. The van der Waals surface area contributed by atoms with Crippen molar-refractivity contribution in [3.8, 4) is 6.07 Å². The van der Waals surface area contributed by atoms with Gasteiger partial charge in [0.25, 0.3) is 0 Å². The molecule has 0 radical (unpaired) electrons. The van der Waals surface area contributed by atoms with Crippen molar-refractivity contribution in [3.63, 3.8) is 0 Å². The summed E-state index contributed by atoms with van der Waals surface area (Å²) < 4.78 is 5.52. The molecular weight excluding hydrogens is 306 g/mol. The van der Waals surface area contributed by atoms with Crippen LogP contribution in [-0.2, 0) is 9.53 Å². The number of H-pyrrole nitrogens is 1. The van der Waals surface area contributed by atoms with Gasteiger partial charge >= 0.3 is 0 Å². The van der Waals surface area contributed by atoms with Crippen LogP contribution in [0.1, 0.15) is 42.5 Å². The number of nitriles is 1. The second-order valence-electron chi connectivity index (χ2n) is 6.41. The maximum Gasteiger partial charge on any atom is 0.223 e. The number of hydrogen-bond donors (Lipinski definition) is 1. The number of likely N-dealkylation sites (tertiary alicyclic amines) is 1. The number of ether oxygens (including phenoxy) is 1. The largest absolute Gasteiger partial charge is 0.380 e. The molecule has 1 aromatic rings. The van der Waals surface area contributed by atoms with Crippen molar-refractivity contribution in [2.45, 2.75) is 45.3 Å². The Bertz CT molecular complexity index is 587. The van der Waals surface area contributed by atoms with Crippen molar-refractivity contribution in [1.82, 2.24) is 19.8 Å². The van der Waals surface area contributed by atoms with Crippen molar-refractivity contribution >= 4 is 5.91 Å². The molecule has 2 rings (SSSR count). The number of rotatable bonds is 7. The van der Waals surface area contributed by atoms with Crippen LogP contribution in [-0.4, -0.2) is 65.6 Å². The minimum atomic E-state index is 0.0664. The van der Waals surface area contributed by atoms with Crippen molar-refractivity contribution in [1.29, 1.82) is 5.26 Å². The lowest BCUT2D eigenvalue weighted by Gasteiger charge is -2.23. The zero-order chi connectivity index (χ0) is 17.7. The number of amides is 1. The lowest BCUT2D eigenvalue weighted by Crippen LogP contribution is -2.33. The Labute approximate surface area is 143 Å². The summed E-state index contributed by atoms with van der Waals surface area (Å²) in [7, 11) is 3.48. The summed E-state index contributed by atoms with van der Waals surface area (Å²) in [5.74, 6) is 1.02. The molecule has 1 N–H and O–H groups in total. The number of aromatic amines is 1. The van der Waals surface area contributed by atoms with E-state index in [9.17, 15) is 4.79 Å². The average molecular weight is 333 g/mol. The van der Waals surface area contributed by atoms with Crippen molar-refractivity contribution in [2.75, 3.05) is 33.8 Å². The Morgan fingerprint density at radius 2 is 2.29 bits per heavy atom. The molecule has 24 heavy (non-hydrogen) atoms. The summed E-state index contributed by atoms with van der Waals surface area (Å²) >= 11 is 0. The van der Waals surface area contributed by atoms with Gasteiger partial charge in [-0.15, -0.1) is 0 Å². The van der Waals surface area contributed by atoms with E-state index in [1.165, 1.54) is 0 Å². The molecule has 1 aromatic heterocycles. The van der Waals surface area contributed by atoms with E-state index in [2.05, 4.69) is 20.9 Å². The van der Waals surface area contributed by atoms with Gasteiger partial charge in [0.2, 0.25) is 5.91 Å². The SMILES string of the molecule is CO[C@@H]1C[C@@H](c2nc(C)c(C)[nH]2)N(CCC(=O)N(C)CCC#N)C1. The topological polar surface area (TPSA) is 85.2 Å². The van der Waals surface area contributed by atoms with Crippen molar-refractivity contribution in [3.05, 3.63) is 17.2 Å². The Balaban J connectivity index is 1.98. The number of methoxy groups -OCH3 is 1. The van der Waals surface area contributed by atoms with E-state index in [0.29, 0.717) is 25.9 Å². The Hall–Kier alpha value is -1.91. The highest BCUT2D eigenvalue weighted by atomic mass is 16.5. The van der Waals surface area contributed by atoms with Crippen LogP contribution in [0.2, 0.25) is 0 Å². The fourth-order valence-electron chi connectivity index (χ4n) is 3.07. The van der Waals surface area contributed by atoms with Crippen LogP contribution in [0, 0.1) is 25.2 Å². The standard InChI is InChI=1S/C17H27N5O2/c1-12-13(2)20-17(19-12)15-10-14(24-4)11-22(15)9-6-16(23)21(3)8-5-7-18/h14-15H,5-6,8-11H2,1-4H3,(H,19,20)/t14-,15+/m1/s1. The normalized spacial score (nSPS) is 21.0. The van der Waals surface area contributed by atoms with Crippen LogP contribution in [0.3, 0.4) is 0 Å². The summed E-state index contributed by atoms with van der Waals surface area (Å²) in [5.41, 5.74) is 2.09. The number of nitrogens with zero attached hydrogens (tertiary/aromatic N) is 4. The lowest BCUT2D eigenvalue weighted by atomic mass is 10.2. The number of hydrogen-bond acceptors (Lipinski definition) is 5. The van der Waals surface area contributed by atoms with Gasteiger partial charge in [-0.2, -0.15) is 5.26 Å². The maximum absolute atomic E-state index is 12.2. The van der Waals surface area contributed by atoms with Gasteiger partial charge in [0, 0.05) is 45.9 Å². The third-order valence-electron chi connectivity index (χ3n) is 4.76. The first kappa shape index (κ1) is 18.4. The van der Waals surface area contributed by atoms with Crippen LogP contribution < -0.4 is 0 Å². The number of carbonyl (C=O) groups is 1. The molecule has 1 saturated heterocycles. The molecule has 0 aromatic carbocycles. The van der Waals surface area contributed by atoms with Gasteiger partial charge < -0.3 is 14.6 Å². The lowest BCUT2D eigenvalue weighted by molar-refractivity contribution is -0.130. The molecule has 132 valence electrons. The molecule has 1 fully saturated rings. The van der Waals surface area contributed by atoms with E-state index in [1.54, 1.807) is 19.1 Å². The molecule has 0 saturated carbocycles.